The van der Waals surface area contributed by atoms with E-state index < -0.39 is 20.7 Å². The molecule has 23 heavy (non-hydrogen) atoms. The molecule has 0 bridgehead atoms. The third-order valence-corrected chi connectivity index (χ3v) is 6.95. The van der Waals surface area contributed by atoms with E-state index in [9.17, 15) is 13.5 Å². The number of fused-ring (bicyclic) bond motifs is 1. The first-order chi connectivity index (χ1) is 10.8. The maximum Gasteiger partial charge on any atom is 0.210 e. The van der Waals surface area contributed by atoms with Gasteiger partial charge in [0, 0.05) is 12.8 Å². The maximum absolute atomic E-state index is 12.5. The molecule has 2 atom stereocenters. The van der Waals surface area contributed by atoms with E-state index in [1.165, 1.54) is 6.92 Å². The van der Waals surface area contributed by atoms with Crippen LogP contribution in [-0.2, 0) is 9.84 Å². The van der Waals surface area contributed by atoms with Crippen LogP contribution >= 0.6 is 11.3 Å². The standard InChI is InChI=1S/C16H19NO4S2/c1-12(7-5-6-10-16(2,19)11-18)23(20,21)15-17-13-8-3-4-9-14(13)22-15/h3-4,8-9,12,18-19H,7,10-11H2,1-2H3/t12?,16-/m0/s1. The van der Waals surface area contributed by atoms with Crippen LogP contribution in [0.2, 0.25) is 0 Å². The summed E-state index contributed by atoms with van der Waals surface area (Å²) in [5.41, 5.74) is -0.587. The van der Waals surface area contributed by atoms with Gasteiger partial charge in [0.05, 0.1) is 27.7 Å². The Kier molecular flexibility index (Phi) is 5.42. The molecule has 2 aromatic rings. The molecule has 0 spiro atoms. The Labute approximate surface area is 139 Å². The van der Waals surface area contributed by atoms with Gasteiger partial charge in [0.15, 0.2) is 0 Å². The summed E-state index contributed by atoms with van der Waals surface area (Å²) in [7, 11) is -3.53. The summed E-state index contributed by atoms with van der Waals surface area (Å²) >= 11 is 1.16. The lowest BCUT2D eigenvalue weighted by molar-refractivity contribution is 0.00628. The van der Waals surface area contributed by atoms with Crippen molar-refractivity contribution in [3.05, 3.63) is 24.3 Å². The molecule has 2 rings (SSSR count). The third-order valence-electron chi connectivity index (χ3n) is 3.37. The Balaban J connectivity index is 2.11. The summed E-state index contributed by atoms with van der Waals surface area (Å²) in [6.45, 7) is 2.68. The van der Waals surface area contributed by atoms with E-state index in [1.807, 2.05) is 18.2 Å². The van der Waals surface area contributed by atoms with Crippen LogP contribution in [0.5, 0.6) is 0 Å². The lowest BCUT2D eigenvalue weighted by Crippen LogP contribution is -2.27. The zero-order valence-corrected chi connectivity index (χ0v) is 14.6. The lowest BCUT2D eigenvalue weighted by atomic mass is 10.0. The van der Waals surface area contributed by atoms with E-state index in [4.69, 9.17) is 5.11 Å². The molecule has 1 aromatic heterocycles. The number of benzene rings is 1. The minimum atomic E-state index is -3.53. The van der Waals surface area contributed by atoms with Crippen LogP contribution in [0.1, 0.15) is 26.7 Å². The third kappa shape index (κ3) is 4.30. The van der Waals surface area contributed by atoms with Crippen molar-refractivity contribution < 1.29 is 18.6 Å². The number of aliphatic hydroxyl groups is 2. The predicted molar refractivity (Wildman–Crippen MR) is 91.0 cm³/mol. The highest BCUT2D eigenvalue weighted by Gasteiger charge is 2.26. The van der Waals surface area contributed by atoms with Crippen molar-refractivity contribution in [2.75, 3.05) is 6.61 Å². The van der Waals surface area contributed by atoms with E-state index in [-0.39, 0.29) is 23.8 Å². The van der Waals surface area contributed by atoms with E-state index in [0.717, 1.165) is 16.0 Å². The molecule has 7 heteroatoms. The van der Waals surface area contributed by atoms with Gasteiger partial charge in [-0.15, -0.1) is 23.2 Å². The summed E-state index contributed by atoms with van der Waals surface area (Å²) in [6, 6.07) is 7.29. The molecule has 0 saturated carbocycles. The number of aromatic nitrogens is 1. The largest absolute Gasteiger partial charge is 0.393 e. The van der Waals surface area contributed by atoms with E-state index in [2.05, 4.69) is 16.8 Å². The van der Waals surface area contributed by atoms with Gasteiger partial charge >= 0.3 is 0 Å². The topological polar surface area (TPSA) is 87.5 Å². The molecule has 1 unspecified atom stereocenters. The molecular weight excluding hydrogens is 334 g/mol. The number of hydrogen-bond donors (Lipinski definition) is 2. The molecule has 1 aromatic carbocycles. The van der Waals surface area contributed by atoms with Crippen molar-refractivity contribution >= 4 is 31.4 Å². The summed E-state index contributed by atoms with van der Waals surface area (Å²) in [5.74, 6) is 5.48. The monoisotopic (exact) mass is 353 g/mol. The molecule has 0 aliphatic rings. The quantitative estimate of drug-likeness (QED) is 0.803. The second-order valence-electron chi connectivity index (χ2n) is 5.69. The van der Waals surface area contributed by atoms with E-state index in [1.54, 1.807) is 13.0 Å². The number of rotatable bonds is 5. The van der Waals surface area contributed by atoms with Gasteiger partial charge in [-0.05, 0) is 26.0 Å². The molecule has 0 aliphatic carbocycles. The summed E-state index contributed by atoms with van der Waals surface area (Å²) in [6.07, 6.45) is 0.247. The Hall–Kier alpha value is -1.46. The van der Waals surface area contributed by atoms with Gasteiger partial charge in [0.1, 0.15) is 0 Å². The fraction of sp³-hybridized carbons (Fsp3) is 0.438. The number of aliphatic hydroxyl groups excluding tert-OH is 1. The molecule has 0 aliphatic heterocycles. The van der Waals surface area contributed by atoms with Crippen molar-refractivity contribution in [1.29, 1.82) is 0 Å². The highest BCUT2D eigenvalue weighted by Crippen LogP contribution is 2.28. The Morgan fingerprint density at radius 1 is 1.35 bits per heavy atom. The van der Waals surface area contributed by atoms with Gasteiger partial charge in [0.2, 0.25) is 14.2 Å². The average Bonchev–Trinajstić information content (AvgIpc) is 2.96. The van der Waals surface area contributed by atoms with Crippen molar-refractivity contribution in [1.82, 2.24) is 4.98 Å². The van der Waals surface area contributed by atoms with Gasteiger partial charge < -0.3 is 10.2 Å². The zero-order valence-electron chi connectivity index (χ0n) is 13.0. The number of thiazole rings is 1. The van der Waals surface area contributed by atoms with Gasteiger partial charge in [0.25, 0.3) is 0 Å². The van der Waals surface area contributed by atoms with Crippen molar-refractivity contribution in [3.63, 3.8) is 0 Å². The van der Waals surface area contributed by atoms with E-state index >= 15 is 0 Å². The molecule has 0 amide bonds. The first kappa shape index (κ1) is 17.9. The molecule has 1 heterocycles. The van der Waals surface area contributed by atoms with Crippen LogP contribution < -0.4 is 0 Å². The van der Waals surface area contributed by atoms with Crippen LogP contribution in [-0.4, -0.2) is 41.1 Å². The number of nitrogens with zero attached hydrogens (tertiary/aromatic N) is 1. The van der Waals surface area contributed by atoms with Crippen LogP contribution in [0, 0.1) is 11.8 Å². The Morgan fingerprint density at radius 3 is 2.70 bits per heavy atom. The molecule has 0 radical (unpaired) electrons. The lowest BCUT2D eigenvalue weighted by Gasteiger charge is -2.15. The fourth-order valence-electron chi connectivity index (χ4n) is 1.78. The van der Waals surface area contributed by atoms with Crippen LogP contribution in [0.3, 0.4) is 0 Å². The van der Waals surface area contributed by atoms with Crippen molar-refractivity contribution in [3.8, 4) is 11.8 Å². The maximum atomic E-state index is 12.5. The van der Waals surface area contributed by atoms with Gasteiger partial charge in [-0.3, -0.25) is 0 Å². The first-order valence-electron chi connectivity index (χ1n) is 7.15. The highest BCUT2D eigenvalue weighted by atomic mass is 32.2. The number of hydrogen-bond acceptors (Lipinski definition) is 6. The average molecular weight is 353 g/mol. The molecule has 5 nitrogen and oxygen atoms in total. The Morgan fingerprint density at radius 2 is 2.04 bits per heavy atom. The predicted octanol–water partition coefficient (Wildman–Crippen LogP) is 1.99. The second kappa shape index (κ2) is 6.97. The minimum absolute atomic E-state index is 0.0946. The van der Waals surface area contributed by atoms with Gasteiger partial charge in [-0.1, -0.05) is 12.1 Å². The van der Waals surface area contributed by atoms with Crippen molar-refractivity contribution in [2.45, 2.75) is 41.9 Å². The van der Waals surface area contributed by atoms with Crippen molar-refractivity contribution in [2.24, 2.45) is 0 Å². The Bertz CT molecular complexity index is 811. The van der Waals surface area contributed by atoms with Crippen LogP contribution in [0.4, 0.5) is 0 Å². The number of para-hydroxylation sites is 1. The molecular formula is C16H19NO4S2. The SMILES string of the molecule is CC(CC#CC[C@](C)(O)CO)S(=O)(=O)c1nc2ccccc2s1. The van der Waals surface area contributed by atoms with Gasteiger partial charge in [-0.25, -0.2) is 13.4 Å². The number of sulfone groups is 1. The normalized spacial score (nSPS) is 15.7. The highest BCUT2D eigenvalue weighted by molar-refractivity contribution is 7.94. The molecule has 124 valence electrons. The zero-order chi connectivity index (χ0) is 17.1. The van der Waals surface area contributed by atoms with Crippen LogP contribution in [0.25, 0.3) is 10.2 Å². The molecule has 0 saturated heterocycles. The van der Waals surface area contributed by atoms with E-state index in [0.29, 0.717) is 5.52 Å². The molecule has 2 N–H and O–H groups in total. The second-order valence-corrected chi connectivity index (χ2v) is 9.26. The summed E-state index contributed by atoms with van der Waals surface area (Å²) < 4.78 is 26.0. The first-order valence-corrected chi connectivity index (χ1v) is 9.51. The fourth-order valence-corrected chi connectivity index (χ4v) is 4.58. The van der Waals surface area contributed by atoms with Crippen LogP contribution in [0.15, 0.2) is 28.6 Å². The summed E-state index contributed by atoms with van der Waals surface area (Å²) in [4.78, 5) is 4.20. The smallest absolute Gasteiger partial charge is 0.210 e. The molecule has 0 fully saturated rings. The van der Waals surface area contributed by atoms with Gasteiger partial charge in [-0.2, -0.15) is 0 Å². The minimum Gasteiger partial charge on any atom is -0.393 e. The summed E-state index contributed by atoms with van der Waals surface area (Å²) in [5, 5.41) is 17.9.